The number of carbonyl (C=O) groups is 1. The van der Waals surface area contributed by atoms with E-state index >= 15 is 0 Å². The number of anilines is 1. The van der Waals surface area contributed by atoms with Crippen LogP contribution >= 0.6 is 0 Å². The average Bonchev–Trinajstić information content (AvgIpc) is 2.53. The molecule has 0 fully saturated rings. The molecule has 3 heteroatoms. The van der Waals surface area contributed by atoms with Crippen molar-refractivity contribution in [2.45, 2.75) is 13.8 Å². The summed E-state index contributed by atoms with van der Waals surface area (Å²) in [6, 6.07) is 16.8. The molecule has 0 saturated carbocycles. The van der Waals surface area contributed by atoms with E-state index in [-0.39, 0.29) is 11.7 Å². The second-order valence-electron chi connectivity index (χ2n) is 5.40. The van der Waals surface area contributed by atoms with Crippen molar-refractivity contribution >= 4 is 22.4 Å². The first-order chi connectivity index (χ1) is 10.6. The van der Waals surface area contributed by atoms with Crippen molar-refractivity contribution in [2.75, 3.05) is 5.32 Å². The van der Waals surface area contributed by atoms with E-state index < -0.39 is 0 Å². The number of phenolic OH excluding ortho intramolecular Hbond substituents is 1. The maximum atomic E-state index is 12.5. The molecule has 0 aliphatic heterocycles. The van der Waals surface area contributed by atoms with Crippen LogP contribution in [-0.2, 0) is 0 Å². The lowest BCUT2D eigenvalue weighted by Crippen LogP contribution is -2.13. The second-order valence-corrected chi connectivity index (χ2v) is 5.40. The van der Waals surface area contributed by atoms with Crippen LogP contribution < -0.4 is 5.32 Å². The van der Waals surface area contributed by atoms with Gasteiger partial charge in [0.15, 0.2) is 0 Å². The van der Waals surface area contributed by atoms with Crippen molar-refractivity contribution in [3.63, 3.8) is 0 Å². The predicted octanol–water partition coefficient (Wildman–Crippen LogP) is 4.41. The molecule has 0 bridgehead atoms. The number of amides is 1. The summed E-state index contributed by atoms with van der Waals surface area (Å²) in [7, 11) is 0. The predicted molar refractivity (Wildman–Crippen MR) is 89.5 cm³/mol. The number of para-hydroxylation sites is 1. The first-order valence-electron chi connectivity index (χ1n) is 7.16. The van der Waals surface area contributed by atoms with Crippen LogP contribution in [-0.4, -0.2) is 11.0 Å². The summed E-state index contributed by atoms with van der Waals surface area (Å²) in [5.74, 6) is -0.284. The van der Waals surface area contributed by atoms with Crippen LogP contribution in [0.3, 0.4) is 0 Å². The minimum atomic E-state index is -0.305. The summed E-state index contributed by atoms with van der Waals surface area (Å²) in [6.45, 7) is 3.87. The molecule has 22 heavy (non-hydrogen) atoms. The Kier molecular flexibility index (Phi) is 3.55. The lowest BCUT2D eigenvalue weighted by atomic mass is 10.00. The number of phenols is 1. The highest BCUT2D eigenvalue weighted by Gasteiger charge is 2.16. The van der Waals surface area contributed by atoms with E-state index in [1.165, 1.54) is 0 Å². The molecule has 0 unspecified atom stereocenters. The van der Waals surface area contributed by atoms with Gasteiger partial charge < -0.3 is 10.4 Å². The van der Waals surface area contributed by atoms with Crippen LogP contribution in [0.1, 0.15) is 21.5 Å². The number of nitrogens with one attached hydrogen (secondary N) is 1. The highest BCUT2D eigenvalue weighted by atomic mass is 16.3. The molecule has 0 atom stereocenters. The van der Waals surface area contributed by atoms with E-state index in [1.54, 1.807) is 6.07 Å². The van der Waals surface area contributed by atoms with Crippen LogP contribution in [0, 0.1) is 13.8 Å². The van der Waals surface area contributed by atoms with E-state index in [2.05, 4.69) is 5.32 Å². The third kappa shape index (κ3) is 2.42. The largest absolute Gasteiger partial charge is 0.506 e. The number of rotatable bonds is 2. The van der Waals surface area contributed by atoms with Crippen molar-refractivity contribution in [1.82, 2.24) is 0 Å². The van der Waals surface area contributed by atoms with Crippen LogP contribution in [0.15, 0.2) is 54.6 Å². The fourth-order valence-corrected chi connectivity index (χ4v) is 2.62. The van der Waals surface area contributed by atoms with Gasteiger partial charge in [-0.1, -0.05) is 42.5 Å². The number of aryl methyl sites for hydroxylation is 2. The molecular formula is C19H17NO2. The molecule has 0 heterocycles. The Bertz CT molecular complexity index is 868. The van der Waals surface area contributed by atoms with E-state index in [1.807, 2.05) is 62.4 Å². The summed E-state index contributed by atoms with van der Waals surface area (Å²) in [4.78, 5) is 12.5. The van der Waals surface area contributed by atoms with E-state index in [9.17, 15) is 9.90 Å². The molecule has 0 aromatic heterocycles. The van der Waals surface area contributed by atoms with Crippen molar-refractivity contribution in [1.29, 1.82) is 0 Å². The minimum Gasteiger partial charge on any atom is -0.506 e. The van der Waals surface area contributed by atoms with Crippen LogP contribution in [0.4, 0.5) is 5.69 Å². The van der Waals surface area contributed by atoms with Crippen molar-refractivity contribution in [3.05, 3.63) is 71.3 Å². The van der Waals surface area contributed by atoms with Gasteiger partial charge in [-0.25, -0.2) is 0 Å². The number of benzene rings is 3. The smallest absolute Gasteiger partial charge is 0.259 e. The number of aromatic hydroxyl groups is 1. The number of fused-ring (bicyclic) bond motifs is 1. The fraction of sp³-hybridized carbons (Fsp3) is 0.105. The van der Waals surface area contributed by atoms with E-state index in [0.29, 0.717) is 10.9 Å². The maximum Gasteiger partial charge on any atom is 0.259 e. The maximum absolute atomic E-state index is 12.5. The van der Waals surface area contributed by atoms with Gasteiger partial charge in [-0.2, -0.15) is 0 Å². The monoisotopic (exact) mass is 291 g/mol. The van der Waals surface area contributed by atoms with E-state index in [0.717, 1.165) is 22.2 Å². The summed E-state index contributed by atoms with van der Waals surface area (Å²) >= 11 is 0. The zero-order chi connectivity index (χ0) is 15.7. The molecule has 0 spiro atoms. The topological polar surface area (TPSA) is 49.3 Å². The van der Waals surface area contributed by atoms with Crippen LogP contribution in [0.25, 0.3) is 10.8 Å². The Balaban J connectivity index is 2.05. The number of carbonyl (C=O) groups excluding carboxylic acids is 1. The van der Waals surface area contributed by atoms with Gasteiger partial charge in [-0.15, -0.1) is 0 Å². The molecule has 0 aliphatic carbocycles. The first kappa shape index (κ1) is 14.1. The average molecular weight is 291 g/mol. The molecule has 110 valence electrons. The van der Waals surface area contributed by atoms with Gasteiger partial charge in [0, 0.05) is 11.1 Å². The Labute approximate surface area is 129 Å². The normalized spacial score (nSPS) is 10.6. The molecule has 3 nitrogen and oxygen atoms in total. The lowest BCUT2D eigenvalue weighted by Gasteiger charge is -2.12. The lowest BCUT2D eigenvalue weighted by molar-refractivity contribution is 0.102. The molecular weight excluding hydrogens is 274 g/mol. The standard InChI is InChI=1S/C19H17NO2/c1-12-7-3-6-10-17(12)20-19(22)16-11-13(2)14-8-4-5-9-15(14)18(16)21/h3-11,21H,1-2H3,(H,20,22). The van der Waals surface area contributed by atoms with Gasteiger partial charge in [0.1, 0.15) is 5.75 Å². The molecule has 3 aromatic carbocycles. The summed E-state index contributed by atoms with van der Waals surface area (Å²) < 4.78 is 0. The van der Waals surface area contributed by atoms with E-state index in [4.69, 9.17) is 0 Å². The molecule has 2 N–H and O–H groups in total. The molecule has 0 radical (unpaired) electrons. The Hall–Kier alpha value is -2.81. The number of hydrogen-bond acceptors (Lipinski definition) is 2. The zero-order valence-corrected chi connectivity index (χ0v) is 12.6. The van der Waals surface area contributed by atoms with Gasteiger partial charge >= 0.3 is 0 Å². The number of hydrogen-bond donors (Lipinski definition) is 2. The first-order valence-corrected chi connectivity index (χ1v) is 7.16. The van der Waals surface area contributed by atoms with Crippen molar-refractivity contribution in [3.8, 4) is 5.75 Å². The van der Waals surface area contributed by atoms with Gasteiger partial charge in [0.2, 0.25) is 0 Å². The highest BCUT2D eigenvalue weighted by molar-refractivity contribution is 6.10. The minimum absolute atomic E-state index is 0.0206. The van der Waals surface area contributed by atoms with Crippen LogP contribution in [0.5, 0.6) is 5.75 Å². The molecule has 3 aromatic rings. The summed E-state index contributed by atoms with van der Waals surface area (Å²) in [6.07, 6.45) is 0. The summed E-state index contributed by atoms with van der Waals surface area (Å²) in [5.41, 5.74) is 2.98. The van der Waals surface area contributed by atoms with Crippen molar-refractivity contribution in [2.24, 2.45) is 0 Å². The third-order valence-electron chi connectivity index (χ3n) is 3.86. The van der Waals surface area contributed by atoms with Crippen molar-refractivity contribution < 1.29 is 9.90 Å². The second kappa shape index (κ2) is 5.53. The molecule has 1 amide bonds. The SMILES string of the molecule is Cc1ccccc1NC(=O)c1cc(C)c2ccccc2c1O. The van der Waals surface area contributed by atoms with Gasteiger partial charge in [-0.3, -0.25) is 4.79 Å². The summed E-state index contributed by atoms with van der Waals surface area (Å²) in [5, 5.41) is 14.9. The Morgan fingerprint density at radius 3 is 2.27 bits per heavy atom. The molecule has 0 saturated heterocycles. The molecule has 0 aliphatic rings. The molecule has 3 rings (SSSR count). The Morgan fingerprint density at radius 1 is 0.909 bits per heavy atom. The van der Waals surface area contributed by atoms with Gasteiger partial charge in [0.05, 0.1) is 5.56 Å². The quantitative estimate of drug-likeness (QED) is 0.734. The zero-order valence-electron chi connectivity index (χ0n) is 12.6. The van der Waals surface area contributed by atoms with Gasteiger partial charge in [-0.05, 0) is 42.5 Å². The van der Waals surface area contributed by atoms with Crippen LogP contribution in [0.2, 0.25) is 0 Å². The Morgan fingerprint density at radius 2 is 1.55 bits per heavy atom. The third-order valence-corrected chi connectivity index (χ3v) is 3.86. The fourth-order valence-electron chi connectivity index (χ4n) is 2.62. The van der Waals surface area contributed by atoms with Gasteiger partial charge in [0.25, 0.3) is 5.91 Å². The highest BCUT2D eigenvalue weighted by Crippen LogP contribution is 2.32.